The summed E-state index contributed by atoms with van der Waals surface area (Å²) in [5.74, 6) is -3.26. The van der Waals surface area contributed by atoms with E-state index in [1.54, 1.807) is 5.32 Å². The molecule has 8 heteroatoms. The van der Waals surface area contributed by atoms with Gasteiger partial charge in [0.15, 0.2) is 12.1 Å². The van der Waals surface area contributed by atoms with E-state index in [1.165, 1.54) is 14.2 Å². The first-order valence-corrected chi connectivity index (χ1v) is 4.94. The molecule has 100 valence electrons. The van der Waals surface area contributed by atoms with E-state index in [0.29, 0.717) is 12.8 Å². The minimum Gasteiger partial charge on any atom is -0.356 e. The van der Waals surface area contributed by atoms with Gasteiger partial charge in [0.1, 0.15) is 0 Å². The number of hydrogen-bond acceptors (Lipinski definition) is 4. The lowest BCUT2D eigenvalue weighted by Gasteiger charge is -2.27. The summed E-state index contributed by atoms with van der Waals surface area (Å²) in [7, 11) is 2.72. The number of hydrogen-bond donors (Lipinski definition) is 1. The highest BCUT2D eigenvalue weighted by molar-refractivity contribution is 5.81. The summed E-state index contributed by atoms with van der Waals surface area (Å²) in [6.07, 6.45) is -4.60. The lowest BCUT2D eigenvalue weighted by Crippen LogP contribution is -2.48. The molecule has 0 saturated carbocycles. The molecule has 0 spiro atoms. The van der Waals surface area contributed by atoms with Gasteiger partial charge in [0.05, 0.1) is 6.54 Å². The van der Waals surface area contributed by atoms with E-state index < -0.39 is 24.2 Å². The summed E-state index contributed by atoms with van der Waals surface area (Å²) < 4.78 is 51.1. The Labute approximate surface area is 96.2 Å². The highest BCUT2D eigenvalue weighted by Gasteiger charge is 2.44. The summed E-state index contributed by atoms with van der Waals surface area (Å²) in [5.41, 5.74) is 0. The highest BCUT2D eigenvalue weighted by Crippen LogP contribution is 2.31. The van der Waals surface area contributed by atoms with Gasteiger partial charge in [0, 0.05) is 27.1 Å². The van der Waals surface area contributed by atoms with Gasteiger partial charge in [-0.25, -0.2) is 0 Å². The van der Waals surface area contributed by atoms with E-state index in [-0.39, 0.29) is 6.54 Å². The van der Waals surface area contributed by atoms with Crippen LogP contribution in [0.5, 0.6) is 0 Å². The van der Waals surface area contributed by atoms with Gasteiger partial charge in [0.25, 0.3) is 0 Å². The average Bonchev–Trinajstić information content (AvgIpc) is 2.69. The molecule has 17 heavy (non-hydrogen) atoms. The van der Waals surface area contributed by atoms with E-state index >= 15 is 0 Å². The van der Waals surface area contributed by atoms with Crippen molar-refractivity contribution in [1.29, 1.82) is 0 Å². The molecule has 1 amide bonds. The Morgan fingerprint density at radius 3 is 2.59 bits per heavy atom. The molecule has 1 aliphatic rings. The normalized spacial score (nSPS) is 29.4. The fourth-order valence-electron chi connectivity index (χ4n) is 1.53. The predicted molar refractivity (Wildman–Crippen MR) is 49.9 cm³/mol. The van der Waals surface area contributed by atoms with Crippen molar-refractivity contribution in [2.45, 2.75) is 31.1 Å². The first kappa shape index (κ1) is 14.2. The molecule has 0 bridgehead atoms. The number of amides is 1. The van der Waals surface area contributed by atoms with Crippen LogP contribution in [-0.2, 0) is 19.0 Å². The Kier molecular flexibility index (Phi) is 4.34. The number of carbonyl (C=O) groups excluding carboxylic acids is 1. The van der Waals surface area contributed by atoms with E-state index in [0.717, 1.165) is 0 Å². The van der Waals surface area contributed by atoms with E-state index in [4.69, 9.17) is 14.2 Å². The number of methoxy groups -OCH3 is 2. The maximum absolute atomic E-state index is 12.0. The van der Waals surface area contributed by atoms with Gasteiger partial charge in [-0.3, -0.25) is 4.79 Å². The lowest BCUT2D eigenvalue weighted by atomic mass is 10.2. The molecule has 1 saturated heterocycles. The van der Waals surface area contributed by atoms with Crippen LogP contribution in [0.15, 0.2) is 0 Å². The van der Waals surface area contributed by atoms with Gasteiger partial charge in [-0.15, -0.1) is 0 Å². The number of nitrogens with one attached hydrogen (secondary N) is 1. The van der Waals surface area contributed by atoms with Crippen LogP contribution in [0, 0.1) is 0 Å². The minimum atomic E-state index is -4.91. The molecular weight excluding hydrogens is 243 g/mol. The molecule has 0 radical (unpaired) electrons. The summed E-state index contributed by atoms with van der Waals surface area (Å²) in [4.78, 5) is 10.7. The highest BCUT2D eigenvalue weighted by atomic mass is 19.4. The third kappa shape index (κ3) is 3.55. The second kappa shape index (κ2) is 5.19. The third-order valence-corrected chi connectivity index (χ3v) is 2.52. The van der Waals surface area contributed by atoms with Gasteiger partial charge < -0.3 is 19.5 Å². The molecule has 0 aromatic heterocycles. The molecule has 0 aromatic rings. The molecule has 2 atom stereocenters. The van der Waals surface area contributed by atoms with Gasteiger partial charge in [-0.2, -0.15) is 13.2 Å². The molecule has 1 N–H and O–H groups in total. The quantitative estimate of drug-likeness (QED) is 0.809. The van der Waals surface area contributed by atoms with Crippen LogP contribution in [-0.4, -0.2) is 44.9 Å². The van der Waals surface area contributed by atoms with Crippen molar-refractivity contribution in [1.82, 2.24) is 5.32 Å². The van der Waals surface area contributed by atoms with Gasteiger partial charge in [-0.1, -0.05) is 0 Å². The lowest BCUT2D eigenvalue weighted by molar-refractivity contribution is -0.253. The van der Waals surface area contributed by atoms with Crippen LogP contribution in [0.4, 0.5) is 13.2 Å². The molecule has 0 aliphatic carbocycles. The summed E-state index contributed by atoms with van der Waals surface area (Å²) >= 11 is 0. The maximum atomic E-state index is 12.0. The molecule has 2 unspecified atom stereocenters. The van der Waals surface area contributed by atoms with Crippen LogP contribution in [0.25, 0.3) is 0 Å². The average molecular weight is 257 g/mol. The molecule has 1 aliphatic heterocycles. The first-order valence-electron chi connectivity index (χ1n) is 4.94. The second-order valence-corrected chi connectivity index (χ2v) is 3.62. The smallest absolute Gasteiger partial charge is 0.356 e. The molecule has 1 rings (SSSR count). The van der Waals surface area contributed by atoms with Crippen LogP contribution < -0.4 is 5.32 Å². The topological polar surface area (TPSA) is 56.8 Å². The maximum Gasteiger partial charge on any atom is 0.471 e. The molecule has 0 aromatic carbocycles. The monoisotopic (exact) mass is 257 g/mol. The SMILES string of the molecule is COC1CCC(CNC(=O)C(F)(F)F)(OC)O1. The Balaban J connectivity index is 2.51. The number of ether oxygens (including phenoxy) is 3. The van der Waals surface area contributed by atoms with Crippen molar-refractivity contribution in [3.63, 3.8) is 0 Å². The standard InChI is InChI=1S/C9H14F3NO4/c1-15-6-3-4-8(16-2,17-6)5-13-7(14)9(10,11)12/h6H,3-5H2,1-2H3,(H,13,14). The van der Waals surface area contributed by atoms with Crippen molar-refractivity contribution in [2.24, 2.45) is 0 Å². The first-order chi connectivity index (χ1) is 7.83. The van der Waals surface area contributed by atoms with Crippen molar-refractivity contribution in [3.8, 4) is 0 Å². The van der Waals surface area contributed by atoms with E-state index in [2.05, 4.69) is 0 Å². The van der Waals surface area contributed by atoms with E-state index in [9.17, 15) is 18.0 Å². The number of halogens is 3. The van der Waals surface area contributed by atoms with Crippen LogP contribution >= 0.6 is 0 Å². The minimum absolute atomic E-state index is 0.347. The Hall–Kier alpha value is -0.860. The fraction of sp³-hybridized carbons (Fsp3) is 0.889. The summed E-state index contributed by atoms with van der Waals surface area (Å²) in [5, 5.41) is 1.73. The zero-order valence-electron chi connectivity index (χ0n) is 9.47. The Morgan fingerprint density at radius 2 is 2.18 bits per heavy atom. The molecular formula is C9H14F3NO4. The van der Waals surface area contributed by atoms with Crippen LogP contribution in [0.1, 0.15) is 12.8 Å². The molecule has 5 nitrogen and oxygen atoms in total. The van der Waals surface area contributed by atoms with Gasteiger partial charge in [0.2, 0.25) is 0 Å². The largest absolute Gasteiger partial charge is 0.471 e. The van der Waals surface area contributed by atoms with Crippen molar-refractivity contribution in [2.75, 3.05) is 20.8 Å². The predicted octanol–water partition coefficient (Wildman–Crippen LogP) is 0.790. The van der Waals surface area contributed by atoms with Crippen LogP contribution in [0.2, 0.25) is 0 Å². The zero-order chi connectivity index (χ0) is 13.1. The number of alkyl halides is 3. The van der Waals surface area contributed by atoms with Gasteiger partial charge in [-0.05, 0) is 0 Å². The van der Waals surface area contributed by atoms with Gasteiger partial charge >= 0.3 is 12.1 Å². The van der Waals surface area contributed by atoms with Crippen molar-refractivity contribution >= 4 is 5.91 Å². The fourth-order valence-corrected chi connectivity index (χ4v) is 1.53. The third-order valence-electron chi connectivity index (χ3n) is 2.52. The zero-order valence-corrected chi connectivity index (χ0v) is 9.47. The number of carbonyl (C=O) groups is 1. The molecule has 1 fully saturated rings. The van der Waals surface area contributed by atoms with E-state index in [1.807, 2.05) is 0 Å². The molecule has 1 heterocycles. The Bertz CT molecular complexity index is 284. The summed E-state index contributed by atoms with van der Waals surface area (Å²) in [6, 6.07) is 0. The Morgan fingerprint density at radius 1 is 1.53 bits per heavy atom. The van der Waals surface area contributed by atoms with Crippen LogP contribution in [0.3, 0.4) is 0 Å². The number of rotatable bonds is 4. The second-order valence-electron chi connectivity index (χ2n) is 3.62. The van der Waals surface area contributed by atoms with Crippen molar-refractivity contribution < 1.29 is 32.2 Å². The summed E-state index contributed by atoms with van der Waals surface area (Å²) in [6.45, 7) is -0.373. The van der Waals surface area contributed by atoms with Crippen molar-refractivity contribution in [3.05, 3.63) is 0 Å².